The van der Waals surface area contributed by atoms with Crippen LogP contribution in [-0.4, -0.2) is 34.9 Å². The Morgan fingerprint density at radius 3 is 2.71 bits per heavy atom. The van der Waals surface area contributed by atoms with E-state index in [4.69, 9.17) is 0 Å². The topological polar surface area (TPSA) is 45.2 Å². The van der Waals surface area contributed by atoms with Crippen molar-refractivity contribution in [2.75, 3.05) is 13.1 Å². The number of carbonyl (C=O) groups is 1. The number of benzene rings is 1. The molecule has 4 rings (SSSR count). The van der Waals surface area contributed by atoms with Crippen LogP contribution in [-0.2, 0) is 11.3 Å². The number of aromatic nitrogens is 1. The Morgan fingerprint density at radius 2 is 1.96 bits per heavy atom. The predicted octanol–water partition coefficient (Wildman–Crippen LogP) is 3.92. The van der Waals surface area contributed by atoms with Crippen LogP contribution in [0.25, 0.3) is 0 Å². The van der Waals surface area contributed by atoms with Gasteiger partial charge in [-0.2, -0.15) is 0 Å². The van der Waals surface area contributed by atoms with Gasteiger partial charge in [-0.3, -0.25) is 9.78 Å². The Balaban J connectivity index is 0.00000225. The van der Waals surface area contributed by atoms with Crippen LogP contribution in [0.2, 0.25) is 0 Å². The van der Waals surface area contributed by atoms with Crippen LogP contribution in [0, 0.1) is 11.7 Å². The SMILES string of the molecule is Cl.O=C(C1CC1c1ccc(F)cc1)N(Cc1ccccn1)C1CCCNCC1. The molecule has 4 nitrogen and oxygen atoms in total. The zero-order valence-corrected chi connectivity index (χ0v) is 16.7. The lowest BCUT2D eigenvalue weighted by molar-refractivity contribution is -0.136. The molecule has 2 heterocycles. The Hall–Kier alpha value is -1.98. The molecule has 1 aromatic carbocycles. The summed E-state index contributed by atoms with van der Waals surface area (Å²) in [5, 5.41) is 3.43. The summed E-state index contributed by atoms with van der Waals surface area (Å²) in [4.78, 5) is 19.9. The number of amides is 1. The van der Waals surface area contributed by atoms with Gasteiger partial charge >= 0.3 is 0 Å². The molecule has 1 aliphatic carbocycles. The lowest BCUT2D eigenvalue weighted by Gasteiger charge is -2.31. The smallest absolute Gasteiger partial charge is 0.226 e. The second kappa shape index (κ2) is 9.48. The molecule has 1 aromatic heterocycles. The van der Waals surface area contributed by atoms with Crippen LogP contribution in [0.5, 0.6) is 0 Å². The Kier molecular flexibility index (Phi) is 7.03. The molecule has 1 N–H and O–H groups in total. The van der Waals surface area contributed by atoms with Crippen molar-refractivity contribution in [2.45, 2.75) is 44.2 Å². The maximum absolute atomic E-state index is 13.4. The first-order chi connectivity index (χ1) is 13.2. The third-order valence-electron chi connectivity index (χ3n) is 5.73. The third kappa shape index (κ3) is 4.89. The lowest BCUT2D eigenvalue weighted by Crippen LogP contribution is -2.41. The van der Waals surface area contributed by atoms with E-state index in [1.807, 2.05) is 30.3 Å². The first-order valence-corrected chi connectivity index (χ1v) is 9.89. The molecule has 3 unspecified atom stereocenters. The summed E-state index contributed by atoms with van der Waals surface area (Å²) < 4.78 is 13.2. The maximum Gasteiger partial charge on any atom is 0.226 e. The van der Waals surface area contributed by atoms with Crippen molar-refractivity contribution < 1.29 is 9.18 Å². The van der Waals surface area contributed by atoms with Gasteiger partial charge in [0.25, 0.3) is 0 Å². The second-order valence-electron chi connectivity index (χ2n) is 7.62. The number of pyridine rings is 1. The fourth-order valence-electron chi connectivity index (χ4n) is 4.12. The van der Waals surface area contributed by atoms with Crippen LogP contribution < -0.4 is 5.32 Å². The van der Waals surface area contributed by atoms with Crippen molar-refractivity contribution in [3.8, 4) is 0 Å². The van der Waals surface area contributed by atoms with Crippen molar-refractivity contribution in [1.29, 1.82) is 0 Å². The van der Waals surface area contributed by atoms with Crippen LogP contribution >= 0.6 is 12.4 Å². The molecule has 150 valence electrons. The second-order valence-corrected chi connectivity index (χ2v) is 7.62. The van der Waals surface area contributed by atoms with E-state index in [1.165, 1.54) is 12.1 Å². The molecule has 6 heteroatoms. The first kappa shape index (κ1) is 20.7. The molecule has 2 aliphatic rings. The van der Waals surface area contributed by atoms with Gasteiger partial charge in [0.05, 0.1) is 12.2 Å². The van der Waals surface area contributed by atoms with Gasteiger partial charge in [-0.25, -0.2) is 4.39 Å². The highest BCUT2D eigenvalue weighted by molar-refractivity contribution is 5.85. The fraction of sp³-hybridized carbons (Fsp3) is 0.455. The van der Waals surface area contributed by atoms with Gasteiger partial charge in [-0.1, -0.05) is 18.2 Å². The fourth-order valence-corrected chi connectivity index (χ4v) is 4.12. The zero-order chi connectivity index (χ0) is 18.6. The van der Waals surface area contributed by atoms with Crippen molar-refractivity contribution in [2.24, 2.45) is 5.92 Å². The number of halogens is 2. The van der Waals surface area contributed by atoms with Crippen LogP contribution in [0.1, 0.15) is 42.9 Å². The summed E-state index contributed by atoms with van der Waals surface area (Å²) in [6, 6.07) is 12.7. The first-order valence-electron chi connectivity index (χ1n) is 9.89. The normalized spacial score (nSPS) is 24.0. The van der Waals surface area contributed by atoms with Gasteiger partial charge in [0.2, 0.25) is 5.91 Å². The molecule has 0 spiro atoms. The average Bonchev–Trinajstić information content (AvgIpc) is 3.51. The highest BCUT2D eigenvalue weighted by Crippen LogP contribution is 2.49. The van der Waals surface area contributed by atoms with Gasteiger partial charge in [0.15, 0.2) is 0 Å². The standard InChI is InChI=1S/C22H26FN3O.ClH/c23-17-8-6-16(7-9-17)20-14-21(20)22(27)26(15-18-4-1-2-12-25-18)19-5-3-11-24-13-10-19;/h1-2,4,6-9,12,19-21,24H,3,5,10-11,13-15H2;1H. The minimum absolute atomic E-state index is 0. The molecule has 2 aromatic rings. The Morgan fingerprint density at radius 1 is 1.14 bits per heavy atom. The number of carbonyl (C=O) groups excluding carboxylic acids is 1. The van der Waals surface area contributed by atoms with Crippen molar-refractivity contribution >= 4 is 18.3 Å². The largest absolute Gasteiger partial charge is 0.334 e. The lowest BCUT2D eigenvalue weighted by atomic mass is 10.0. The van der Waals surface area contributed by atoms with Gasteiger partial charge in [-0.15, -0.1) is 12.4 Å². The number of nitrogens with one attached hydrogen (secondary N) is 1. The zero-order valence-electron chi connectivity index (χ0n) is 15.9. The van der Waals surface area contributed by atoms with Crippen molar-refractivity contribution in [3.63, 3.8) is 0 Å². The van der Waals surface area contributed by atoms with E-state index in [-0.39, 0.29) is 42.0 Å². The number of hydrogen-bond acceptors (Lipinski definition) is 3. The molecule has 1 amide bonds. The van der Waals surface area contributed by atoms with Gasteiger partial charge < -0.3 is 10.2 Å². The van der Waals surface area contributed by atoms with Crippen molar-refractivity contribution in [3.05, 3.63) is 65.7 Å². The van der Waals surface area contributed by atoms with Crippen LogP contribution in [0.15, 0.2) is 48.7 Å². The minimum Gasteiger partial charge on any atom is -0.334 e. The number of nitrogens with zero attached hydrogens (tertiary/aromatic N) is 2. The Labute approximate surface area is 172 Å². The molecular weight excluding hydrogens is 377 g/mol. The van der Waals surface area contributed by atoms with Gasteiger partial charge in [0.1, 0.15) is 5.82 Å². The van der Waals surface area contributed by atoms with E-state index in [1.54, 1.807) is 6.20 Å². The van der Waals surface area contributed by atoms with Gasteiger partial charge in [0, 0.05) is 18.2 Å². The van der Waals surface area contributed by atoms with E-state index in [9.17, 15) is 9.18 Å². The van der Waals surface area contributed by atoms with Crippen LogP contribution in [0.4, 0.5) is 4.39 Å². The quantitative estimate of drug-likeness (QED) is 0.823. The van der Waals surface area contributed by atoms with E-state index < -0.39 is 0 Å². The van der Waals surface area contributed by atoms with Gasteiger partial charge in [-0.05, 0) is 74.5 Å². The third-order valence-corrected chi connectivity index (χ3v) is 5.73. The number of hydrogen-bond donors (Lipinski definition) is 1. The highest BCUT2D eigenvalue weighted by Gasteiger charge is 2.46. The summed E-state index contributed by atoms with van der Waals surface area (Å²) in [6.45, 7) is 2.53. The Bertz CT molecular complexity index is 763. The summed E-state index contributed by atoms with van der Waals surface area (Å²) in [6.07, 6.45) is 5.73. The highest BCUT2D eigenvalue weighted by atomic mass is 35.5. The molecule has 1 saturated heterocycles. The molecule has 3 atom stereocenters. The molecular formula is C22H27ClFN3O. The number of rotatable bonds is 5. The molecule has 28 heavy (non-hydrogen) atoms. The summed E-state index contributed by atoms with van der Waals surface area (Å²) in [5.41, 5.74) is 2.00. The van der Waals surface area contributed by atoms with E-state index in [0.717, 1.165) is 50.0 Å². The molecule has 2 fully saturated rings. The van der Waals surface area contributed by atoms with E-state index in [2.05, 4.69) is 15.2 Å². The molecule has 1 aliphatic heterocycles. The average molecular weight is 404 g/mol. The summed E-state index contributed by atoms with van der Waals surface area (Å²) in [5.74, 6) is 0.218. The maximum atomic E-state index is 13.4. The van der Waals surface area contributed by atoms with Crippen molar-refractivity contribution in [1.82, 2.24) is 15.2 Å². The predicted molar refractivity (Wildman–Crippen MR) is 110 cm³/mol. The molecule has 1 saturated carbocycles. The molecule has 0 radical (unpaired) electrons. The monoisotopic (exact) mass is 403 g/mol. The minimum atomic E-state index is -0.231. The summed E-state index contributed by atoms with van der Waals surface area (Å²) in [7, 11) is 0. The van der Waals surface area contributed by atoms with Crippen LogP contribution in [0.3, 0.4) is 0 Å². The van der Waals surface area contributed by atoms with E-state index >= 15 is 0 Å². The molecule has 0 bridgehead atoms. The summed E-state index contributed by atoms with van der Waals surface area (Å²) >= 11 is 0. The van der Waals surface area contributed by atoms with E-state index in [0.29, 0.717) is 6.54 Å².